The van der Waals surface area contributed by atoms with Crippen LogP contribution in [0.3, 0.4) is 0 Å². The average molecular weight is 365 g/mol. The third kappa shape index (κ3) is 3.18. The predicted molar refractivity (Wildman–Crippen MR) is 74.8 cm³/mol. The number of rotatable bonds is 5. The molecule has 0 saturated heterocycles. The van der Waals surface area contributed by atoms with Gasteiger partial charge in [-0.2, -0.15) is 0 Å². The molecule has 0 spiro atoms. The summed E-state index contributed by atoms with van der Waals surface area (Å²) in [5.74, 6) is -1.21. The van der Waals surface area contributed by atoms with E-state index in [1.54, 1.807) is 0 Å². The largest absolute Gasteiger partial charge is 0.370 e. The van der Waals surface area contributed by atoms with Gasteiger partial charge >= 0.3 is 0 Å². The number of nitrogens with one attached hydrogen (secondary N) is 1. The number of nitrogens with two attached hydrogens (primary N) is 1. The Hall–Kier alpha value is -0.990. The second-order valence-electron chi connectivity index (χ2n) is 4.96. The molecule has 1 fully saturated rings. The molecule has 0 aromatic heterocycles. The first-order valence-electron chi connectivity index (χ1n) is 6.01. The van der Waals surface area contributed by atoms with E-state index in [0.29, 0.717) is 12.8 Å². The number of benzene rings is 1. The smallest absolute Gasteiger partial charge is 0.242 e. The first-order chi connectivity index (χ1) is 9.24. The molecule has 1 aliphatic rings. The highest BCUT2D eigenvalue weighted by atomic mass is 79.9. The number of amides is 1. The topological polar surface area (TPSA) is 89.3 Å². The van der Waals surface area contributed by atoms with Gasteiger partial charge in [0, 0.05) is 16.4 Å². The fourth-order valence-corrected chi connectivity index (χ4v) is 4.71. The lowest BCUT2D eigenvalue weighted by molar-refractivity contribution is -0.120. The summed E-state index contributed by atoms with van der Waals surface area (Å²) in [5, 5.41) is 0. The highest BCUT2D eigenvalue weighted by molar-refractivity contribution is 9.10. The number of hydrogen-bond donors (Lipinski definition) is 2. The number of sulfonamides is 1. The predicted octanol–water partition coefficient (Wildman–Crippen LogP) is 1.66. The van der Waals surface area contributed by atoms with E-state index < -0.39 is 27.3 Å². The van der Waals surface area contributed by atoms with Crippen LogP contribution in [-0.4, -0.2) is 19.9 Å². The van der Waals surface area contributed by atoms with Crippen molar-refractivity contribution in [3.05, 3.63) is 28.5 Å². The second-order valence-corrected chi connectivity index (χ2v) is 7.46. The standard InChI is InChI=1S/C12H14BrFN2O3S/c13-9-3-2-8(14)6-10(9)20(18,19)16-12(4-1-5-12)7-11(15)17/h2-3,6,16H,1,4-5,7H2,(H2,15,17). The van der Waals surface area contributed by atoms with Crippen LogP contribution in [0.25, 0.3) is 0 Å². The summed E-state index contributed by atoms with van der Waals surface area (Å²) in [6, 6.07) is 3.42. The molecule has 0 aliphatic heterocycles. The van der Waals surface area contributed by atoms with Gasteiger partial charge in [-0.3, -0.25) is 4.79 Å². The van der Waals surface area contributed by atoms with Gasteiger partial charge in [-0.25, -0.2) is 17.5 Å². The number of primary amides is 1. The summed E-state index contributed by atoms with van der Waals surface area (Å²) in [6.45, 7) is 0. The fourth-order valence-electron chi connectivity index (χ4n) is 2.28. The molecule has 1 saturated carbocycles. The quantitative estimate of drug-likeness (QED) is 0.832. The van der Waals surface area contributed by atoms with Crippen molar-refractivity contribution in [1.82, 2.24) is 4.72 Å². The SMILES string of the molecule is NC(=O)CC1(NS(=O)(=O)c2cc(F)ccc2Br)CCC1. The van der Waals surface area contributed by atoms with E-state index in [-0.39, 0.29) is 15.8 Å². The average Bonchev–Trinajstić information content (AvgIpc) is 2.28. The summed E-state index contributed by atoms with van der Waals surface area (Å²) in [5.41, 5.74) is 4.32. The van der Waals surface area contributed by atoms with Crippen LogP contribution in [0.15, 0.2) is 27.6 Å². The van der Waals surface area contributed by atoms with Gasteiger partial charge in [-0.1, -0.05) is 0 Å². The van der Waals surface area contributed by atoms with Gasteiger partial charge in [0.15, 0.2) is 0 Å². The van der Waals surface area contributed by atoms with Crippen LogP contribution >= 0.6 is 15.9 Å². The van der Waals surface area contributed by atoms with Crippen molar-refractivity contribution < 1.29 is 17.6 Å². The Labute approximate surface area is 124 Å². The normalized spacial score (nSPS) is 17.5. The van der Waals surface area contributed by atoms with Crippen LogP contribution in [0.1, 0.15) is 25.7 Å². The maximum atomic E-state index is 13.2. The molecule has 1 aliphatic carbocycles. The minimum Gasteiger partial charge on any atom is -0.370 e. The third-order valence-electron chi connectivity index (χ3n) is 3.36. The van der Waals surface area contributed by atoms with Gasteiger partial charge in [0.2, 0.25) is 15.9 Å². The van der Waals surface area contributed by atoms with Gasteiger partial charge in [-0.15, -0.1) is 0 Å². The van der Waals surface area contributed by atoms with Gasteiger partial charge in [-0.05, 0) is 53.4 Å². The lowest BCUT2D eigenvalue weighted by atomic mass is 9.75. The van der Waals surface area contributed by atoms with E-state index >= 15 is 0 Å². The molecule has 8 heteroatoms. The monoisotopic (exact) mass is 364 g/mol. The van der Waals surface area contributed by atoms with Crippen LogP contribution in [0.5, 0.6) is 0 Å². The Bertz CT molecular complexity index is 644. The van der Waals surface area contributed by atoms with Crippen molar-refractivity contribution in [2.45, 2.75) is 36.1 Å². The molecule has 20 heavy (non-hydrogen) atoms. The van der Waals surface area contributed by atoms with Crippen molar-refractivity contribution in [2.75, 3.05) is 0 Å². The molecule has 1 amide bonds. The molecular formula is C12H14BrFN2O3S. The lowest BCUT2D eigenvalue weighted by Crippen LogP contribution is -2.55. The molecular weight excluding hydrogens is 351 g/mol. The van der Waals surface area contributed by atoms with E-state index in [9.17, 15) is 17.6 Å². The molecule has 1 aromatic rings. The van der Waals surface area contributed by atoms with E-state index in [1.807, 2.05) is 0 Å². The van der Waals surface area contributed by atoms with E-state index in [0.717, 1.165) is 18.6 Å². The Kier molecular flexibility index (Phi) is 4.17. The fraction of sp³-hybridized carbons (Fsp3) is 0.417. The number of hydrogen-bond acceptors (Lipinski definition) is 3. The molecule has 110 valence electrons. The Morgan fingerprint density at radius 3 is 2.60 bits per heavy atom. The van der Waals surface area contributed by atoms with Gasteiger partial charge in [0.25, 0.3) is 0 Å². The van der Waals surface area contributed by atoms with E-state index in [2.05, 4.69) is 20.7 Å². The molecule has 1 aromatic carbocycles. The number of carbonyl (C=O) groups is 1. The summed E-state index contributed by atoms with van der Waals surface area (Å²) in [4.78, 5) is 10.9. The van der Waals surface area contributed by atoms with Crippen molar-refractivity contribution in [3.63, 3.8) is 0 Å². The second kappa shape index (κ2) is 5.42. The van der Waals surface area contributed by atoms with Crippen molar-refractivity contribution in [2.24, 2.45) is 5.73 Å². The molecule has 0 atom stereocenters. The number of carbonyl (C=O) groups excluding carboxylic acids is 1. The molecule has 0 radical (unpaired) electrons. The summed E-state index contributed by atoms with van der Waals surface area (Å²) in [7, 11) is -3.92. The first-order valence-corrected chi connectivity index (χ1v) is 8.29. The summed E-state index contributed by atoms with van der Waals surface area (Å²) < 4.78 is 40.7. The Morgan fingerprint density at radius 1 is 1.45 bits per heavy atom. The lowest BCUT2D eigenvalue weighted by Gasteiger charge is -2.41. The molecule has 2 rings (SSSR count). The summed E-state index contributed by atoms with van der Waals surface area (Å²) >= 11 is 3.09. The van der Waals surface area contributed by atoms with Crippen molar-refractivity contribution in [1.29, 1.82) is 0 Å². The van der Waals surface area contributed by atoms with E-state index in [4.69, 9.17) is 5.73 Å². The van der Waals surface area contributed by atoms with Crippen molar-refractivity contribution >= 4 is 31.9 Å². The van der Waals surface area contributed by atoms with Gasteiger partial charge < -0.3 is 5.73 Å². The van der Waals surface area contributed by atoms with Crippen LogP contribution < -0.4 is 10.5 Å². The zero-order chi connectivity index (χ0) is 15.0. The highest BCUT2D eigenvalue weighted by Gasteiger charge is 2.42. The van der Waals surface area contributed by atoms with Gasteiger partial charge in [0.05, 0.1) is 4.90 Å². The molecule has 0 unspecified atom stereocenters. The molecule has 0 bridgehead atoms. The molecule has 0 heterocycles. The van der Waals surface area contributed by atoms with Crippen LogP contribution in [-0.2, 0) is 14.8 Å². The highest BCUT2D eigenvalue weighted by Crippen LogP contribution is 2.37. The first kappa shape index (κ1) is 15.4. The van der Waals surface area contributed by atoms with Crippen LogP contribution in [0, 0.1) is 5.82 Å². The molecule has 3 N–H and O–H groups in total. The Balaban J connectivity index is 2.31. The zero-order valence-electron chi connectivity index (χ0n) is 10.5. The zero-order valence-corrected chi connectivity index (χ0v) is 12.9. The summed E-state index contributed by atoms with van der Waals surface area (Å²) in [6.07, 6.45) is 1.85. The van der Waals surface area contributed by atoms with Crippen molar-refractivity contribution in [3.8, 4) is 0 Å². The van der Waals surface area contributed by atoms with Crippen LogP contribution in [0.4, 0.5) is 4.39 Å². The minimum atomic E-state index is -3.92. The Morgan fingerprint density at radius 2 is 2.10 bits per heavy atom. The maximum absolute atomic E-state index is 13.2. The van der Waals surface area contributed by atoms with Gasteiger partial charge in [0.1, 0.15) is 5.82 Å². The van der Waals surface area contributed by atoms with Crippen LogP contribution in [0.2, 0.25) is 0 Å². The maximum Gasteiger partial charge on any atom is 0.242 e. The third-order valence-corrected chi connectivity index (χ3v) is 5.93. The minimum absolute atomic E-state index is 0.0564. The van der Waals surface area contributed by atoms with E-state index in [1.165, 1.54) is 6.07 Å². The molecule has 5 nitrogen and oxygen atoms in total. The number of halogens is 2.